The molecule has 35 heavy (non-hydrogen) atoms. The van der Waals surface area contributed by atoms with E-state index in [4.69, 9.17) is 0 Å². The zero-order chi connectivity index (χ0) is 25.0. The summed E-state index contributed by atoms with van der Waals surface area (Å²) < 4.78 is -0.664. The first-order valence-electron chi connectivity index (χ1n) is 11.5. The summed E-state index contributed by atoms with van der Waals surface area (Å²) in [6.45, 7) is 3.83. The van der Waals surface area contributed by atoms with E-state index in [2.05, 4.69) is 11.4 Å². The van der Waals surface area contributed by atoms with Gasteiger partial charge in [-0.05, 0) is 82.8 Å². The number of hydrogen-bond donors (Lipinski definition) is 0. The van der Waals surface area contributed by atoms with Gasteiger partial charge in [0.05, 0.1) is 18.2 Å². The van der Waals surface area contributed by atoms with Crippen LogP contribution in [0, 0.1) is 13.8 Å². The molecule has 1 aromatic heterocycles. The molecule has 2 atom stereocenters. The molecule has 0 saturated carbocycles. The van der Waals surface area contributed by atoms with Crippen LogP contribution in [0.15, 0.2) is 89.6 Å². The lowest BCUT2D eigenvalue weighted by Gasteiger charge is -2.34. The SMILES string of the molecule is Cc1cc(C)cc(C(=O)[N+](C)(C(=O)c2ccccc2)[C@H](C=O)Cc2ccc(-c3ccsc3)cc2)c1. The highest BCUT2D eigenvalue weighted by Crippen LogP contribution is 2.27. The molecule has 4 nitrogen and oxygen atoms in total. The van der Waals surface area contributed by atoms with E-state index in [9.17, 15) is 14.4 Å². The van der Waals surface area contributed by atoms with E-state index in [-0.39, 0.29) is 6.42 Å². The van der Waals surface area contributed by atoms with Crippen molar-refractivity contribution in [2.45, 2.75) is 26.3 Å². The maximum absolute atomic E-state index is 14.0. The Hall–Kier alpha value is -3.67. The molecule has 0 radical (unpaired) electrons. The van der Waals surface area contributed by atoms with Crippen LogP contribution in [0.3, 0.4) is 0 Å². The minimum Gasteiger partial charge on any atom is -0.297 e. The molecule has 4 rings (SSSR count). The number of rotatable bonds is 7. The molecule has 4 aromatic rings. The third kappa shape index (κ3) is 5.06. The Morgan fingerprint density at radius 1 is 0.829 bits per heavy atom. The normalized spacial score (nSPS) is 13.6. The van der Waals surface area contributed by atoms with Crippen molar-refractivity contribution in [3.8, 4) is 11.1 Å². The topological polar surface area (TPSA) is 51.2 Å². The van der Waals surface area contributed by atoms with Crippen molar-refractivity contribution in [2.24, 2.45) is 0 Å². The van der Waals surface area contributed by atoms with E-state index < -0.39 is 22.3 Å². The van der Waals surface area contributed by atoms with Gasteiger partial charge in [0.15, 0.2) is 12.3 Å². The van der Waals surface area contributed by atoms with E-state index in [0.29, 0.717) is 11.1 Å². The summed E-state index contributed by atoms with van der Waals surface area (Å²) in [5, 5.41) is 4.11. The first-order valence-corrected chi connectivity index (χ1v) is 12.4. The Bertz CT molecular complexity index is 1320. The zero-order valence-corrected chi connectivity index (χ0v) is 20.9. The molecule has 0 saturated heterocycles. The van der Waals surface area contributed by atoms with Crippen molar-refractivity contribution in [1.82, 2.24) is 0 Å². The Labute approximate surface area is 210 Å². The second kappa shape index (κ2) is 10.3. The predicted octanol–water partition coefficient (Wildman–Crippen LogP) is 6.27. The highest BCUT2D eigenvalue weighted by atomic mass is 32.1. The van der Waals surface area contributed by atoms with Gasteiger partial charge in [-0.15, -0.1) is 0 Å². The summed E-state index contributed by atoms with van der Waals surface area (Å²) >= 11 is 1.64. The molecule has 0 N–H and O–H groups in total. The molecule has 5 heteroatoms. The van der Waals surface area contributed by atoms with Crippen LogP contribution < -0.4 is 0 Å². The number of carbonyl (C=O) groups excluding carboxylic acids is 3. The number of hydrogen-bond acceptors (Lipinski definition) is 4. The smallest absolute Gasteiger partial charge is 0.297 e. The molecule has 1 unspecified atom stereocenters. The van der Waals surface area contributed by atoms with Crippen LogP contribution in [0.1, 0.15) is 37.4 Å². The number of benzene rings is 3. The lowest BCUT2D eigenvalue weighted by Crippen LogP contribution is -2.61. The molecular weight excluding hydrogens is 454 g/mol. The van der Waals surface area contributed by atoms with E-state index in [0.717, 1.165) is 34.1 Å². The third-order valence-corrected chi connectivity index (χ3v) is 7.09. The number of quaternary nitrogens is 1. The quantitative estimate of drug-likeness (QED) is 0.177. The zero-order valence-electron chi connectivity index (χ0n) is 20.1. The molecule has 0 aliphatic rings. The number of thiophene rings is 1. The van der Waals surface area contributed by atoms with Gasteiger partial charge in [-0.25, -0.2) is 9.59 Å². The Morgan fingerprint density at radius 2 is 1.46 bits per heavy atom. The molecule has 1 heterocycles. The molecule has 0 bridgehead atoms. The molecule has 0 aliphatic heterocycles. The fraction of sp³-hybridized carbons (Fsp3) is 0.167. The van der Waals surface area contributed by atoms with Crippen molar-refractivity contribution in [2.75, 3.05) is 7.05 Å². The molecule has 0 spiro atoms. The number of imide groups is 1. The van der Waals surface area contributed by atoms with E-state index in [1.165, 1.54) is 0 Å². The van der Waals surface area contributed by atoms with Gasteiger partial charge in [0, 0.05) is 6.42 Å². The van der Waals surface area contributed by atoms with Crippen molar-refractivity contribution in [3.63, 3.8) is 0 Å². The number of nitrogens with zero attached hydrogens (tertiary/aromatic N) is 1. The van der Waals surface area contributed by atoms with E-state index in [1.807, 2.05) is 55.6 Å². The van der Waals surface area contributed by atoms with Gasteiger partial charge in [-0.1, -0.05) is 48.5 Å². The largest absolute Gasteiger partial charge is 0.353 e. The van der Waals surface area contributed by atoms with Crippen LogP contribution in [0.25, 0.3) is 11.1 Å². The van der Waals surface area contributed by atoms with Crippen LogP contribution in [0.2, 0.25) is 0 Å². The molecule has 176 valence electrons. The van der Waals surface area contributed by atoms with E-state index in [1.54, 1.807) is 54.8 Å². The van der Waals surface area contributed by atoms with Crippen molar-refractivity contribution < 1.29 is 18.9 Å². The molecular formula is C30H28NO3S+. The van der Waals surface area contributed by atoms with Crippen LogP contribution in [-0.2, 0) is 11.2 Å². The summed E-state index contributed by atoms with van der Waals surface area (Å²) in [6.07, 6.45) is 1.01. The summed E-state index contributed by atoms with van der Waals surface area (Å²) in [4.78, 5) is 40.3. The number of carbonyl (C=O) groups is 3. The maximum atomic E-state index is 14.0. The lowest BCUT2D eigenvalue weighted by molar-refractivity contribution is -0.760. The average molecular weight is 483 g/mol. The van der Waals surface area contributed by atoms with Crippen LogP contribution in [0.5, 0.6) is 0 Å². The molecule has 3 aromatic carbocycles. The second-order valence-electron chi connectivity index (χ2n) is 9.04. The highest BCUT2D eigenvalue weighted by Gasteiger charge is 2.48. The average Bonchev–Trinajstić information content (AvgIpc) is 3.41. The Kier molecular flexibility index (Phi) is 7.20. The first kappa shape index (κ1) is 24.5. The van der Waals surface area contributed by atoms with Gasteiger partial charge in [-0.2, -0.15) is 15.8 Å². The van der Waals surface area contributed by atoms with Gasteiger partial charge in [0.1, 0.15) is 0 Å². The Balaban J connectivity index is 1.74. The third-order valence-electron chi connectivity index (χ3n) is 6.41. The molecule has 0 fully saturated rings. The summed E-state index contributed by atoms with van der Waals surface area (Å²) in [7, 11) is 1.56. The monoisotopic (exact) mass is 482 g/mol. The molecule has 0 aliphatic carbocycles. The van der Waals surface area contributed by atoms with Crippen molar-refractivity contribution in [1.29, 1.82) is 0 Å². The fourth-order valence-electron chi connectivity index (χ4n) is 4.46. The summed E-state index contributed by atoms with van der Waals surface area (Å²) in [6, 6.07) is 23.4. The summed E-state index contributed by atoms with van der Waals surface area (Å²) in [5.74, 6) is -0.792. The van der Waals surface area contributed by atoms with E-state index >= 15 is 0 Å². The van der Waals surface area contributed by atoms with Crippen LogP contribution >= 0.6 is 11.3 Å². The molecule has 2 amide bonds. The van der Waals surface area contributed by atoms with Gasteiger partial charge in [0.25, 0.3) is 0 Å². The number of aldehydes is 1. The number of amides is 2. The number of aryl methyl sites for hydroxylation is 2. The fourth-order valence-corrected chi connectivity index (χ4v) is 5.13. The van der Waals surface area contributed by atoms with Gasteiger partial charge in [-0.3, -0.25) is 4.79 Å². The summed E-state index contributed by atoms with van der Waals surface area (Å²) in [5.41, 5.74) is 5.79. The van der Waals surface area contributed by atoms with Crippen molar-refractivity contribution in [3.05, 3.63) is 117 Å². The number of likely N-dealkylation sites (N-methyl/N-ethyl adjacent to an activating group) is 1. The van der Waals surface area contributed by atoms with Crippen LogP contribution in [-0.4, -0.2) is 35.7 Å². The standard InChI is InChI=1S/C30H28NO3S/c1-21-15-22(2)17-27(16-21)30(34)31(3,29(33)25-7-5-4-6-8-25)28(19-32)18-23-9-11-24(12-10-23)26-13-14-35-20-26/h4-17,19-20,28H,18H2,1-3H3/q+1/t28-,31?/m0/s1. The minimum absolute atomic E-state index is 0.263. The van der Waals surface area contributed by atoms with Crippen LogP contribution in [0.4, 0.5) is 0 Å². The van der Waals surface area contributed by atoms with Gasteiger partial charge in [0.2, 0.25) is 0 Å². The minimum atomic E-state index is -0.886. The van der Waals surface area contributed by atoms with Gasteiger partial charge >= 0.3 is 11.8 Å². The lowest BCUT2D eigenvalue weighted by atomic mass is 9.97. The predicted molar refractivity (Wildman–Crippen MR) is 141 cm³/mol. The first-order chi connectivity index (χ1) is 16.8. The van der Waals surface area contributed by atoms with Crippen molar-refractivity contribution >= 4 is 29.4 Å². The maximum Gasteiger partial charge on any atom is 0.353 e. The second-order valence-corrected chi connectivity index (χ2v) is 9.82. The Morgan fingerprint density at radius 3 is 2.03 bits per heavy atom. The van der Waals surface area contributed by atoms with Gasteiger partial charge < -0.3 is 0 Å². The highest BCUT2D eigenvalue weighted by molar-refractivity contribution is 7.08.